The molecule has 2 N–H and O–H groups in total. The number of aliphatic hydroxyl groups is 1. The molecule has 3 aliphatic rings. The van der Waals surface area contributed by atoms with E-state index in [2.05, 4.69) is 0 Å². The van der Waals surface area contributed by atoms with Gasteiger partial charge in [-0.25, -0.2) is 12.8 Å². The Labute approximate surface area is 253 Å². The molecule has 0 spiro atoms. The van der Waals surface area contributed by atoms with Crippen LogP contribution in [0.5, 0.6) is 0 Å². The molecule has 1 aliphatic heterocycles. The molecule has 2 unspecified atom stereocenters. The van der Waals surface area contributed by atoms with Gasteiger partial charge in [0.1, 0.15) is 17.4 Å². The second kappa shape index (κ2) is 11.0. The van der Waals surface area contributed by atoms with Crippen LogP contribution < -0.4 is 5.32 Å². The van der Waals surface area contributed by atoms with Gasteiger partial charge in [-0.1, -0.05) is 42.5 Å². The van der Waals surface area contributed by atoms with Crippen molar-refractivity contribution in [3.63, 3.8) is 0 Å². The topological polar surface area (TPSA) is 104 Å². The average Bonchev–Trinajstić information content (AvgIpc) is 3.80. The highest BCUT2D eigenvalue weighted by atomic mass is 32.2. The molecule has 7 nitrogen and oxygen atoms in total. The zero-order chi connectivity index (χ0) is 33.2. The van der Waals surface area contributed by atoms with Crippen molar-refractivity contribution in [3.8, 4) is 0 Å². The fraction of sp³-hybridized carbons (Fsp3) is 0.400. The Hall–Kier alpha value is -3.72. The van der Waals surface area contributed by atoms with Crippen LogP contribution in [-0.4, -0.2) is 66.5 Å². The number of nitrogens with one attached hydrogen (secondary N) is 1. The van der Waals surface area contributed by atoms with Gasteiger partial charge in [-0.2, -0.15) is 26.3 Å². The maximum absolute atomic E-state index is 14.4. The molecule has 2 aliphatic carbocycles. The summed E-state index contributed by atoms with van der Waals surface area (Å²) in [5.74, 6) is -3.30. The molecule has 2 amide bonds. The van der Waals surface area contributed by atoms with Crippen molar-refractivity contribution in [2.24, 2.45) is 5.92 Å². The zero-order valence-electron chi connectivity index (χ0n) is 23.5. The molecule has 2 aromatic rings. The Morgan fingerprint density at radius 1 is 1.02 bits per heavy atom. The van der Waals surface area contributed by atoms with E-state index in [0.717, 1.165) is 35.4 Å². The summed E-state index contributed by atoms with van der Waals surface area (Å²) < 4.78 is 125. The fourth-order valence-electron chi connectivity index (χ4n) is 5.86. The van der Waals surface area contributed by atoms with E-state index < -0.39 is 69.3 Å². The monoisotopic (exact) mass is 660 g/mol. The van der Waals surface area contributed by atoms with Gasteiger partial charge in [-0.3, -0.25) is 9.59 Å². The number of halogens is 7. The molecule has 1 saturated carbocycles. The lowest BCUT2D eigenvalue weighted by Crippen LogP contribution is -2.76. The van der Waals surface area contributed by atoms with Gasteiger partial charge in [-0.15, -0.1) is 0 Å². The molecule has 15 heteroatoms. The van der Waals surface area contributed by atoms with Crippen LogP contribution in [-0.2, 0) is 25.8 Å². The third kappa shape index (κ3) is 5.64. The molecule has 0 saturated heterocycles. The Kier molecular flexibility index (Phi) is 7.96. The Morgan fingerprint density at radius 2 is 1.67 bits per heavy atom. The van der Waals surface area contributed by atoms with Crippen molar-refractivity contribution in [2.75, 3.05) is 12.8 Å². The van der Waals surface area contributed by atoms with E-state index in [1.165, 1.54) is 30.3 Å². The third-order valence-corrected chi connectivity index (χ3v) is 9.53. The van der Waals surface area contributed by atoms with E-state index >= 15 is 0 Å². The summed E-state index contributed by atoms with van der Waals surface area (Å²) in [5.41, 5.74) is -9.07. The van der Waals surface area contributed by atoms with Crippen LogP contribution in [0.15, 0.2) is 65.6 Å². The van der Waals surface area contributed by atoms with Crippen LogP contribution in [0.25, 0.3) is 5.57 Å². The predicted octanol–water partition coefficient (Wildman–Crippen LogP) is 4.82. The average molecular weight is 661 g/mol. The minimum atomic E-state index is -6.37. The normalized spacial score (nSPS) is 22.5. The summed E-state index contributed by atoms with van der Waals surface area (Å²) in [7, 11) is -3.73. The second-order valence-electron chi connectivity index (χ2n) is 11.4. The number of carbonyl (C=O) groups is 2. The third-order valence-electron chi connectivity index (χ3n) is 8.42. The van der Waals surface area contributed by atoms with E-state index in [1.807, 2.05) is 0 Å². The summed E-state index contributed by atoms with van der Waals surface area (Å²) in [6.07, 6.45) is -10.1. The largest absolute Gasteiger partial charge is 0.429 e. The van der Waals surface area contributed by atoms with Gasteiger partial charge in [0.15, 0.2) is 9.84 Å². The van der Waals surface area contributed by atoms with Crippen LogP contribution >= 0.6 is 0 Å². The molecule has 0 bridgehead atoms. The first-order valence-corrected chi connectivity index (χ1v) is 15.7. The first kappa shape index (κ1) is 32.7. The lowest BCUT2D eigenvalue weighted by Gasteiger charge is -2.48. The van der Waals surface area contributed by atoms with Gasteiger partial charge in [0, 0.05) is 24.3 Å². The van der Waals surface area contributed by atoms with Gasteiger partial charge >= 0.3 is 12.4 Å². The maximum Gasteiger partial charge on any atom is 0.429 e. The Balaban J connectivity index is 1.63. The van der Waals surface area contributed by atoms with Crippen molar-refractivity contribution in [3.05, 3.63) is 83.2 Å². The highest BCUT2D eigenvalue weighted by Gasteiger charge is 2.79. The second-order valence-corrected chi connectivity index (χ2v) is 13.5. The first-order chi connectivity index (χ1) is 20.8. The maximum atomic E-state index is 14.4. The Bertz CT molecular complexity index is 1700. The molecule has 1 fully saturated rings. The van der Waals surface area contributed by atoms with Crippen molar-refractivity contribution < 1.29 is 53.8 Å². The van der Waals surface area contributed by atoms with E-state index in [4.69, 9.17) is 0 Å². The molecule has 2 aromatic carbocycles. The van der Waals surface area contributed by atoms with Gasteiger partial charge in [0.2, 0.25) is 11.8 Å². The molecule has 2 atom stereocenters. The number of alkyl halides is 6. The molecule has 0 aromatic heterocycles. The van der Waals surface area contributed by atoms with E-state index in [0.29, 0.717) is 18.9 Å². The number of allylic oxidation sites excluding steroid dienone is 2. The number of nitrogens with zero attached hydrogens (tertiary/aromatic N) is 1. The van der Waals surface area contributed by atoms with Crippen LogP contribution in [0.4, 0.5) is 30.7 Å². The van der Waals surface area contributed by atoms with E-state index in [9.17, 15) is 53.8 Å². The molecular weight excluding hydrogens is 633 g/mol. The van der Waals surface area contributed by atoms with Crippen LogP contribution in [0, 0.1) is 11.7 Å². The minimum absolute atomic E-state index is 0.0141. The van der Waals surface area contributed by atoms with Gasteiger partial charge < -0.3 is 15.3 Å². The van der Waals surface area contributed by atoms with Gasteiger partial charge in [0.25, 0.3) is 5.60 Å². The number of fused-ring (bicyclic) bond motifs is 1. The molecule has 45 heavy (non-hydrogen) atoms. The summed E-state index contributed by atoms with van der Waals surface area (Å²) in [6.45, 7) is -0.170. The van der Waals surface area contributed by atoms with Crippen LogP contribution in [0.2, 0.25) is 0 Å². The number of benzene rings is 2. The minimum Gasteiger partial charge on any atom is -0.372 e. The number of hydrogen-bond acceptors (Lipinski definition) is 5. The summed E-state index contributed by atoms with van der Waals surface area (Å²) in [4.78, 5) is 28.1. The predicted molar refractivity (Wildman–Crippen MR) is 147 cm³/mol. The number of amides is 2. The summed E-state index contributed by atoms with van der Waals surface area (Å²) in [6, 6.07) is 6.84. The van der Waals surface area contributed by atoms with Gasteiger partial charge in [-0.05, 0) is 60.6 Å². The van der Waals surface area contributed by atoms with E-state index in [1.54, 1.807) is 5.32 Å². The highest BCUT2D eigenvalue weighted by Crippen LogP contribution is 2.53. The van der Waals surface area contributed by atoms with Crippen molar-refractivity contribution in [1.29, 1.82) is 0 Å². The standard InChI is InChI=1S/C30H27F7N2O5S/c1-45(43,44)20-8-9-22-19(16-20)12-15-39(26(41)18-6-7-18)24(22)25(40)38-27(28(42,29(32,33)34)30(35,36)37)13-10-17(11-14-27)21-4-2-3-5-23(21)31/h2-5,8-11,13,16,18,24,42H,6-7,12,14-15H2,1H3,(H,38,40). The van der Waals surface area contributed by atoms with E-state index in [-0.39, 0.29) is 40.1 Å². The van der Waals surface area contributed by atoms with Crippen LogP contribution in [0.1, 0.15) is 42.0 Å². The Morgan fingerprint density at radius 3 is 2.20 bits per heavy atom. The van der Waals surface area contributed by atoms with Crippen LogP contribution in [0.3, 0.4) is 0 Å². The quantitative estimate of drug-likeness (QED) is 0.433. The number of rotatable bonds is 6. The lowest BCUT2D eigenvalue weighted by atomic mass is 9.72. The van der Waals surface area contributed by atoms with Crippen molar-refractivity contribution >= 4 is 27.2 Å². The number of carbonyl (C=O) groups excluding carboxylic acids is 2. The molecule has 5 rings (SSSR count). The SMILES string of the molecule is CS(=O)(=O)c1ccc2c(c1)CCN(C(=O)C1CC1)C2C(=O)NC1(C(O)(C(F)(F)F)C(F)(F)F)C=CC(c2ccccc2F)=CC1. The number of hydrogen-bond donors (Lipinski definition) is 2. The number of sulfone groups is 1. The van der Waals surface area contributed by atoms with Crippen molar-refractivity contribution in [1.82, 2.24) is 10.2 Å². The van der Waals surface area contributed by atoms with Crippen molar-refractivity contribution in [2.45, 2.75) is 60.1 Å². The molecule has 242 valence electrons. The first-order valence-electron chi connectivity index (χ1n) is 13.8. The zero-order valence-corrected chi connectivity index (χ0v) is 24.4. The molecular formula is C30H27F7N2O5S. The smallest absolute Gasteiger partial charge is 0.372 e. The lowest BCUT2D eigenvalue weighted by molar-refractivity contribution is -0.385. The molecule has 0 radical (unpaired) electrons. The van der Waals surface area contributed by atoms with Gasteiger partial charge in [0.05, 0.1) is 4.90 Å². The highest BCUT2D eigenvalue weighted by molar-refractivity contribution is 7.90. The summed E-state index contributed by atoms with van der Waals surface area (Å²) >= 11 is 0. The summed E-state index contributed by atoms with van der Waals surface area (Å²) in [5, 5.41) is 12.5. The molecule has 1 heterocycles. The fourth-order valence-corrected chi connectivity index (χ4v) is 6.53.